The summed E-state index contributed by atoms with van der Waals surface area (Å²) in [5.41, 5.74) is -0.445. The zero-order valence-corrected chi connectivity index (χ0v) is 6.40. The van der Waals surface area contributed by atoms with E-state index in [9.17, 15) is 10.1 Å². The summed E-state index contributed by atoms with van der Waals surface area (Å²) in [4.78, 5) is 9.44. The molecule has 0 aliphatic rings. The van der Waals surface area contributed by atoms with Gasteiger partial charge in [-0.2, -0.15) is 0 Å². The summed E-state index contributed by atoms with van der Waals surface area (Å²) >= 11 is 5.33. The van der Waals surface area contributed by atoms with Crippen LogP contribution in [-0.2, 0) is 0 Å². The molecule has 0 atom stereocenters. The highest BCUT2D eigenvalue weighted by atomic mass is 35.5. The standard InChI is InChI=1S/C5H7ClN2O2/c1-3(6)5(4(2)7)8(9)10/h7H,1-2H3/b5-3-,7-4?. The van der Waals surface area contributed by atoms with Crippen LogP contribution in [0.4, 0.5) is 0 Å². The summed E-state index contributed by atoms with van der Waals surface area (Å²) in [5.74, 6) is 0. The molecule has 0 heterocycles. The Hall–Kier alpha value is -0.900. The van der Waals surface area contributed by atoms with Gasteiger partial charge in [0.1, 0.15) is 5.71 Å². The molecule has 0 rings (SSSR count). The molecular weight excluding hydrogens is 156 g/mol. The predicted octanol–water partition coefficient (Wildman–Crippen LogP) is 1.77. The fourth-order valence-electron chi connectivity index (χ4n) is 0.521. The Kier molecular flexibility index (Phi) is 3.02. The largest absolute Gasteiger partial charge is 0.303 e. The van der Waals surface area contributed by atoms with Crippen LogP contribution in [0, 0.1) is 15.5 Å². The van der Waals surface area contributed by atoms with Crippen LogP contribution in [0.25, 0.3) is 0 Å². The zero-order chi connectivity index (χ0) is 8.31. The molecule has 0 aromatic rings. The molecule has 0 radical (unpaired) electrons. The molecule has 0 unspecified atom stereocenters. The van der Waals surface area contributed by atoms with Gasteiger partial charge in [-0.1, -0.05) is 11.6 Å². The molecule has 0 saturated carbocycles. The molecule has 5 heteroatoms. The lowest BCUT2D eigenvalue weighted by atomic mass is 10.3. The molecule has 0 bridgehead atoms. The molecule has 4 nitrogen and oxygen atoms in total. The van der Waals surface area contributed by atoms with E-state index in [2.05, 4.69) is 0 Å². The van der Waals surface area contributed by atoms with Gasteiger partial charge in [0.2, 0.25) is 0 Å². The molecule has 0 saturated heterocycles. The fraction of sp³-hybridized carbons (Fsp3) is 0.400. The Morgan fingerprint density at radius 3 is 2.00 bits per heavy atom. The van der Waals surface area contributed by atoms with E-state index in [1.807, 2.05) is 0 Å². The second kappa shape index (κ2) is 3.31. The van der Waals surface area contributed by atoms with Crippen LogP contribution in [0.3, 0.4) is 0 Å². The van der Waals surface area contributed by atoms with Crippen molar-refractivity contribution in [2.45, 2.75) is 13.8 Å². The number of hydrogen-bond acceptors (Lipinski definition) is 3. The molecule has 0 aliphatic carbocycles. The first kappa shape index (κ1) is 9.10. The summed E-state index contributed by atoms with van der Waals surface area (Å²) in [5, 5.41) is 17.1. The Balaban J connectivity index is 4.79. The van der Waals surface area contributed by atoms with Gasteiger partial charge in [-0.15, -0.1) is 0 Å². The first-order valence-electron chi connectivity index (χ1n) is 2.53. The Labute approximate surface area is 63.2 Å². The summed E-state index contributed by atoms with van der Waals surface area (Å²) in [6.45, 7) is 2.71. The van der Waals surface area contributed by atoms with Gasteiger partial charge in [-0.3, -0.25) is 15.5 Å². The molecule has 0 fully saturated rings. The molecule has 0 aromatic carbocycles. The predicted molar refractivity (Wildman–Crippen MR) is 38.9 cm³/mol. The summed E-state index contributed by atoms with van der Waals surface area (Å²) in [6.07, 6.45) is 0. The van der Waals surface area contributed by atoms with E-state index in [1.165, 1.54) is 13.8 Å². The van der Waals surface area contributed by atoms with Crippen LogP contribution in [0.1, 0.15) is 13.8 Å². The van der Waals surface area contributed by atoms with Gasteiger partial charge in [0.15, 0.2) is 0 Å². The third-order valence-corrected chi connectivity index (χ3v) is 1.04. The minimum Gasteiger partial charge on any atom is -0.299 e. The van der Waals surface area contributed by atoms with Gasteiger partial charge in [0.05, 0.1) is 9.96 Å². The lowest BCUT2D eigenvalue weighted by Crippen LogP contribution is -2.07. The van der Waals surface area contributed by atoms with Crippen LogP contribution in [0.2, 0.25) is 0 Å². The van der Waals surface area contributed by atoms with Gasteiger partial charge in [-0.05, 0) is 13.8 Å². The molecule has 1 N–H and O–H groups in total. The normalized spacial score (nSPS) is 12.3. The number of nitro groups is 1. The molecule has 0 aromatic heterocycles. The average Bonchev–Trinajstić information content (AvgIpc) is 1.59. The van der Waals surface area contributed by atoms with Crippen molar-refractivity contribution in [1.82, 2.24) is 0 Å². The molecule has 10 heavy (non-hydrogen) atoms. The SMILES string of the molecule is CC(=N)/C(=C(\C)Cl)[N+](=O)[O-]. The van der Waals surface area contributed by atoms with Crippen LogP contribution in [-0.4, -0.2) is 10.6 Å². The van der Waals surface area contributed by atoms with Crippen LogP contribution in [0.15, 0.2) is 10.7 Å². The smallest absolute Gasteiger partial charge is 0.299 e. The average molecular weight is 163 g/mol. The van der Waals surface area contributed by atoms with Crippen LogP contribution in [0.5, 0.6) is 0 Å². The summed E-state index contributed by atoms with van der Waals surface area (Å²) in [6, 6.07) is 0. The molecular formula is C5H7ClN2O2. The van der Waals surface area contributed by atoms with E-state index in [0.717, 1.165) is 0 Å². The first-order valence-corrected chi connectivity index (χ1v) is 2.91. The topological polar surface area (TPSA) is 67.0 Å². The van der Waals surface area contributed by atoms with E-state index in [0.29, 0.717) is 0 Å². The van der Waals surface area contributed by atoms with E-state index in [-0.39, 0.29) is 16.4 Å². The lowest BCUT2D eigenvalue weighted by molar-refractivity contribution is -0.415. The molecule has 0 spiro atoms. The highest BCUT2D eigenvalue weighted by molar-refractivity contribution is 6.31. The monoisotopic (exact) mass is 162 g/mol. The second-order valence-corrected chi connectivity index (χ2v) is 2.33. The van der Waals surface area contributed by atoms with E-state index < -0.39 is 4.92 Å². The number of halogens is 1. The van der Waals surface area contributed by atoms with Crippen LogP contribution >= 0.6 is 11.6 Å². The number of rotatable bonds is 2. The van der Waals surface area contributed by atoms with E-state index >= 15 is 0 Å². The Morgan fingerprint density at radius 2 is 2.00 bits per heavy atom. The van der Waals surface area contributed by atoms with Crippen LogP contribution < -0.4 is 0 Å². The van der Waals surface area contributed by atoms with Crippen molar-refractivity contribution in [3.8, 4) is 0 Å². The van der Waals surface area contributed by atoms with E-state index in [4.69, 9.17) is 17.0 Å². The fourth-order valence-corrected chi connectivity index (χ4v) is 0.732. The third-order valence-electron chi connectivity index (χ3n) is 0.864. The molecule has 0 aliphatic heterocycles. The van der Waals surface area contributed by atoms with Gasteiger partial charge in [0.25, 0.3) is 0 Å². The van der Waals surface area contributed by atoms with Crippen molar-refractivity contribution in [3.63, 3.8) is 0 Å². The zero-order valence-electron chi connectivity index (χ0n) is 5.64. The van der Waals surface area contributed by atoms with Crippen molar-refractivity contribution >= 4 is 17.3 Å². The van der Waals surface area contributed by atoms with Gasteiger partial charge in [-0.25, -0.2) is 0 Å². The molecule has 0 amide bonds. The summed E-state index contributed by atoms with van der Waals surface area (Å²) in [7, 11) is 0. The Bertz CT molecular complexity index is 190. The molecule has 56 valence electrons. The number of hydrogen-bond donors (Lipinski definition) is 1. The number of nitrogens with one attached hydrogen (secondary N) is 1. The quantitative estimate of drug-likeness (QED) is 0.382. The van der Waals surface area contributed by atoms with Gasteiger partial charge in [0, 0.05) is 0 Å². The van der Waals surface area contributed by atoms with Crippen molar-refractivity contribution in [2.75, 3.05) is 0 Å². The van der Waals surface area contributed by atoms with Crippen molar-refractivity contribution < 1.29 is 4.92 Å². The minimum atomic E-state index is -0.662. The Morgan fingerprint density at radius 1 is 1.60 bits per heavy atom. The number of allylic oxidation sites excluding steroid dienone is 2. The summed E-state index contributed by atoms with van der Waals surface area (Å²) < 4.78 is 0. The highest BCUT2D eigenvalue weighted by Crippen LogP contribution is 2.09. The van der Waals surface area contributed by atoms with Crippen molar-refractivity contribution in [2.24, 2.45) is 0 Å². The minimum absolute atomic E-state index is 0.0394. The van der Waals surface area contributed by atoms with Crippen molar-refractivity contribution in [1.29, 1.82) is 5.41 Å². The van der Waals surface area contributed by atoms with E-state index in [1.54, 1.807) is 0 Å². The maximum Gasteiger partial charge on any atom is 0.303 e. The second-order valence-electron chi connectivity index (χ2n) is 1.76. The lowest BCUT2D eigenvalue weighted by Gasteiger charge is -1.93. The maximum atomic E-state index is 10.1. The highest BCUT2D eigenvalue weighted by Gasteiger charge is 2.15. The van der Waals surface area contributed by atoms with Gasteiger partial charge < -0.3 is 0 Å². The maximum absolute atomic E-state index is 10.1. The first-order chi connectivity index (χ1) is 4.46. The third kappa shape index (κ3) is 2.14. The van der Waals surface area contributed by atoms with Gasteiger partial charge >= 0.3 is 5.70 Å². The van der Waals surface area contributed by atoms with Crippen molar-refractivity contribution in [3.05, 3.63) is 20.8 Å². The number of nitrogens with zero attached hydrogens (tertiary/aromatic N) is 1.